The SMILES string of the molecule is O=C1N=C2C=CC(I)=CC2C1NNc1cccc2cccnc12. The number of aliphatic imine (C=N–C) groups is 1. The second-order valence-electron chi connectivity index (χ2n) is 5.41. The van der Waals surface area contributed by atoms with Gasteiger partial charge in [-0.3, -0.25) is 9.78 Å². The van der Waals surface area contributed by atoms with Crippen LogP contribution in [0.5, 0.6) is 0 Å². The quantitative estimate of drug-likeness (QED) is 0.597. The minimum Gasteiger partial charge on any atom is -0.319 e. The minimum atomic E-state index is -0.404. The number of para-hydroxylation sites is 1. The lowest BCUT2D eigenvalue weighted by Gasteiger charge is -2.20. The van der Waals surface area contributed by atoms with Crippen molar-refractivity contribution in [2.75, 3.05) is 5.43 Å². The van der Waals surface area contributed by atoms with Crippen LogP contribution in [0.4, 0.5) is 5.69 Å². The highest BCUT2D eigenvalue weighted by molar-refractivity contribution is 14.1. The second-order valence-corrected chi connectivity index (χ2v) is 6.66. The van der Waals surface area contributed by atoms with Crippen molar-refractivity contribution in [3.8, 4) is 0 Å². The van der Waals surface area contributed by atoms with E-state index in [-0.39, 0.29) is 11.8 Å². The third-order valence-corrected chi connectivity index (χ3v) is 4.67. The number of hydrazine groups is 1. The molecule has 0 spiro atoms. The average molecular weight is 416 g/mol. The van der Waals surface area contributed by atoms with Crippen LogP contribution in [0.25, 0.3) is 10.9 Å². The van der Waals surface area contributed by atoms with Crippen molar-refractivity contribution >= 4 is 50.8 Å². The summed E-state index contributed by atoms with van der Waals surface area (Å²) in [6.07, 6.45) is 7.69. The van der Waals surface area contributed by atoms with E-state index >= 15 is 0 Å². The molecule has 6 heteroatoms. The minimum absolute atomic E-state index is 0.0326. The molecule has 2 unspecified atom stereocenters. The number of nitrogens with one attached hydrogen (secondary N) is 2. The lowest BCUT2D eigenvalue weighted by molar-refractivity contribution is -0.119. The zero-order valence-electron chi connectivity index (χ0n) is 12.0. The van der Waals surface area contributed by atoms with Crippen LogP contribution in [0.15, 0.2) is 63.3 Å². The summed E-state index contributed by atoms with van der Waals surface area (Å²) >= 11 is 2.25. The summed E-state index contributed by atoms with van der Waals surface area (Å²) in [5.41, 5.74) is 8.79. The van der Waals surface area contributed by atoms with Gasteiger partial charge in [0.2, 0.25) is 0 Å². The lowest BCUT2D eigenvalue weighted by Crippen LogP contribution is -2.43. The van der Waals surface area contributed by atoms with Crippen LogP contribution < -0.4 is 10.9 Å². The maximum Gasteiger partial charge on any atom is 0.265 e. The Kier molecular flexibility index (Phi) is 3.70. The number of hydrogen-bond donors (Lipinski definition) is 2. The van der Waals surface area contributed by atoms with Gasteiger partial charge >= 0.3 is 0 Å². The zero-order chi connectivity index (χ0) is 15.8. The van der Waals surface area contributed by atoms with Crippen molar-refractivity contribution in [3.63, 3.8) is 0 Å². The number of nitrogens with zero attached hydrogens (tertiary/aromatic N) is 2. The van der Waals surface area contributed by atoms with Gasteiger partial charge in [-0.15, -0.1) is 0 Å². The number of halogens is 1. The third kappa shape index (κ3) is 2.68. The number of pyridine rings is 1. The van der Waals surface area contributed by atoms with Crippen molar-refractivity contribution < 1.29 is 4.79 Å². The van der Waals surface area contributed by atoms with E-state index in [0.717, 1.165) is 25.9 Å². The van der Waals surface area contributed by atoms with Gasteiger partial charge in [0.1, 0.15) is 6.04 Å². The highest BCUT2D eigenvalue weighted by Crippen LogP contribution is 2.27. The van der Waals surface area contributed by atoms with Crippen LogP contribution in [-0.4, -0.2) is 22.6 Å². The van der Waals surface area contributed by atoms with E-state index in [4.69, 9.17) is 0 Å². The van der Waals surface area contributed by atoms with Gasteiger partial charge < -0.3 is 5.43 Å². The van der Waals surface area contributed by atoms with Gasteiger partial charge in [0.15, 0.2) is 0 Å². The first-order valence-electron chi connectivity index (χ1n) is 7.25. The van der Waals surface area contributed by atoms with Crippen LogP contribution in [0, 0.1) is 5.92 Å². The van der Waals surface area contributed by atoms with E-state index in [1.54, 1.807) is 6.20 Å². The van der Waals surface area contributed by atoms with Gasteiger partial charge in [0, 0.05) is 21.1 Å². The molecule has 5 nitrogen and oxygen atoms in total. The lowest BCUT2D eigenvalue weighted by atomic mass is 9.94. The molecule has 2 aromatic rings. The molecule has 1 aliphatic carbocycles. The monoisotopic (exact) mass is 416 g/mol. The first kappa shape index (κ1) is 14.5. The summed E-state index contributed by atoms with van der Waals surface area (Å²) in [7, 11) is 0. The van der Waals surface area contributed by atoms with Crippen molar-refractivity contribution in [1.82, 2.24) is 10.4 Å². The molecule has 2 atom stereocenters. The largest absolute Gasteiger partial charge is 0.319 e. The van der Waals surface area contributed by atoms with Gasteiger partial charge in [-0.25, -0.2) is 10.4 Å². The molecule has 1 amide bonds. The average Bonchev–Trinajstić information content (AvgIpc) is 2.87. The predicted octanol–water partition coefficient (Wildman–Crippen LogP) is 3.01. The highest BCUT2D eigenvalue weighted by atomic mass is 127. The van der Waals surface area contributed by atoms with Crippen molar-refractivity contribution in [3.05, 3.63) is 58.3 Å². The maximum absolute atomic E-state index is 12.2. The topological polar surface area (TPSA) is 66.4 Å². The van der Waals surface area contributed by atoms with Crippen molar-refractivity contribution in [2.24, 2.45) is 10.9 Å². The number of carbonyl (C=O) groups excluding carboxylic acids is 1. The first-order chi connectivity index (χ1) is 11.2. The molecule has 2 aliphatic rings. The number of fused-ring (bicyclic) bond motifs is 2. The van der Waals surface area contributed by atoms with E-state index in [1.807, 2.05) is 42.5 Å². The van der Waals surface area contributed by atoms with Crippen molar-refractivity contribution in [1.29, 1.82) is 0 Å². The number of carbonyl (C=O) groups is 1. The standard InChI is InChI=1S/C17H13IN4O/c18-11-6-7-13-12(9-11)16(17(23)20-13)22-21-14-5-1-3-10-4-2-8-19-15(10)14/h1-9,12,16,21-22H. The van der Waals surface area contributed by atoms with E-state index in [9.17, 15) is 4.79 Å². The molecule has 0 saturated heterocycles. The Morgan fingerprint density at radius 1 is 1.13 bits per heavy atom. The Morgan fingerprint density at radius 3 is 2.91 bits per heavy atom. The summed E-state index contributed by atoms with van der Waals surface area (Å²) in [6, 6.07) is 9.40. The summed E-state index contributed by atoms with van der Waals surface area (Å²) in [6.45, 7) is 0. The van der Waals surface area contributed by atoms with Gasteiger partial charge in [0.05, 0.1) is 16.9 Å². The number of rotatable bonds is 3. The molecular weight excluding hydrogens is 403 g/mol. The van der Waals surface area contributed by atoms with Crippen LogP contribution in [0.3, 0.4) is 0 Å². The van der Waals surface area contributed by atoms with Crippen LogP contribution in [-0.2, 0) is 4.79 Å². The number of aromatic nitrogens is 1. The zero-order valence-corrected chi connectivity index (χ0v) is 14.2. The smallest absolute Gasteiger partial charge is 0.265 e. The van der Waals surface area contributed by atoms with E-state index in [0.29, 0.717) is 0 Å². The molecule has 1 aliphatic heterocycles. The Balaban J connectivity index is 1.57. The fraction of sp³-hybridized carbons (Fsp3) is 0.118. The molecule has 114 valence electrons. The van der Waals surface area contributed by atoms with Crippen LogP contribution in [0.2, 0.25) is 0 Å². The first-order valence-corrected chi connectivity index (χ1v) is 8.33. The molecule has 4 rings (SSSR count). The number of hydrogen-bond acceptors (Lipinski definition) is 4. The molecule has 23 heavy (non-hydrogen) atoms. The number of benzene rings is 1. The van der Waals surface area contributed by atoms with E-state index in [2.05, 4.69) is 49.5 Å². The Hall–Kier alpha value is -2.06. The number of amides is 1. The molecule has 2 heterocycles. The van der Waals surface area contributed by atoms with Gasteiger partial charge in [-0.1, -0.05) is 24.3 Å². The fourth-order valence-corrected chi connectivity index (χ4v) is 3.40. The Morgan fingerprint density at radius 2 is 2.00 bits per heavy atom. The summed E-state index contributed by atoms with van der Waals surface area (Å²) in [5.74, 6) is -0.187. The molecule has 1 aromatic heterocycles. The molecule has 0 fully saturated rings. The molecule has 2 N–H and O–H groups in total. The second kappa shape index (κ2) is 5.86. The fourth-order valence-electron chi connectivity index (χ4n) is 2.83. The van der Waals surface area contributed by atoms with Gasteiger partial charge in [0.25, 0.3) is 5.91 Å². The highest BCUT2D eigenvalue weighted by Gasteiger charge is 2.37. The molecule has 0 radical (unpaired) electrons. The normalized spacial score (nSPS) is 22.7. The molecular formula is C17H13IN4O. The van der Waals surface area contributed by atoms with Crippen molar-refractivity contribution in [2.45, 2.75) is 6.04 Å². The summed E-state index contributed by atoms with van der Waals surface area (Å²) < 4.78 is 1.11. The molecule has 0 saturated carbocycles. The predicted molar refractivity (Wildman–Crippen MR) is 99.5 cm³/mol. The molecule has 1 aromatic carbocycles. The van der Waals surface area contributed by atoms with Crippen LogP contribution in [0.1, 0.15) is 0 Å². The Bertz CT molecular complexity index is 882. The number of anilines is 1. The van der Waals surface area contributed by atoms with Crippen LogP contribution >= 0.6 is 22.6 Å². The van der Waals surface area contributed by atoms with Gasteiger partial charge in [-0.2, -0.15) is 0 Å². The Labute approximate surface area is 146 Å². The molecule has 0 bridgehead atoms. The number of allylic oxidation sites excluding steroid dienone is 3. The summed E-state index contributed by atoms with van der Waals surface area (Å²) in [5, 5.41) is 1.05. The summed E-state index contributed by atoms with van der Waals surface area (Å²) in [4.78, 5) is 20.7. The third-order valence-electron chi connectivity index (χ3n) is 3.95. The van der Waals surface area contributed by atoms with Gasteiger partial charge in [-0.05, 0) is 46.9 Å². The van der Waals surface area contributed by atoms with E-state index < -0.39 is 6.04 Å². The van der Waals surface area contributed by atoms with E-state index in [1.165, 1.54) is 0 Å². The maximum atomic E-state index is 12.2.